The van der Waals surface area contributed by atoms with Gasteiger partial charge in [0.15, 0.2) is 5.12 Å². The highest BCUT2D eigenvalue weighted by molar-refractivity contribution is 8.13. The maximum atomic E-state index is 11.3. The molecule has 0 amide bonds. The van der Waals surface area contributed by atoms with Crippen molar-refractivity contribution in [2.24, 2.45) is 11.8 Å². The van der Waals surface area contributed by atoms with E-state index in [0.717, 1.165) is 18.1 Å². The number of thioether (sulfide) groups is 1. The lowest BCUT2D eigenvalue weighted by Crippen LogP contribution is -2.06. The zero-order valence-electron chi connectivity index (χ0n) is 9.30. The summed E-state index contributed by atoms with van der Waals surface area (Å²) in [4.78, 5) is 11.3. The van der Waals surface area contributed by atoms with Crippen LogP contribution in [0.4, 0.5) is 0 Å². The summed E-state index contributed by atoms with van der Waals surface area (Å²) in [6.45, 7) is 8.68. The third-order valence-corrected chi connectivity index (χ3v) is 3.10. The zero-order valence-corrected chi connectivity index (χ0v) is 10.1. The summed E-state index contributed by atoms with van der Waals surface area (Å²) in [7, 11) is 0. The van der Waals surface area contributed by atoms with Crippen LogP contribution in [0.5, 0.6) is 0 Å². The third-order valence-electron chi connectivity index (χ3n) is 2.32. The molecule has 0 bridgehead atoms. The van der Waals surface area contributed by atoms with Crippen molar-refractivity contribution in [1.29, 1.82) is 0 Å². The molecule has 0 aliphatic rings. The molecule has 0 heterocycles. The number of rotatable bonds is 6. The maximum absolute atomic E-state index is 11.3. The predicted molar refractivity (Wildman–Crippen MR) is 61.0 cm³/mol. The largest absolute Gasteiger partial charge is 0.287 e. The molecule has 0 fully saturated rings. The Hall–Kier alpha value is 0.0200. The fourth-order valence-electron chi connectivity index (χ4n) is 1.44. The first kappa shape index (κ1) is 13.0. The van der Waals surface area contributed by atoms with Crippen LogP contribution >= 0.6 is 11.8 Å². The van der Waals surface area contributed by atoms with Gasteiger partial charge in [0.2, 0.25) is 0 Å². The van der Waals surface area contributed by atoms with E-state index in [2.05, 4.69) is 20.8 Å². The van der Waals surface area contributed by atoms with Crippen LogP contribution in [-0.2, 0) is 4.79 Å². The summed E-state index contributed by atoms with van der Waals surface area (Å²) < 4.78 is 0. The predicted octanol–water partition coefficient (Wildman–Crippen LogP) is 3.73. The fourth-order valence-corrected chi connectivity index (χ4v) is 2.17. The van der Waals surface area contributed by atoms with E-state index in [4.69, 9.17) is 0 Å². The van der Waals surface area contributed by atoms with Crippen molar-refractivity contribution < 1.29 is 4.79 Å². The Bertz CT molecular complexity index is 145. The lowest BCUT2D eigenvalue weighted by atomic mass is 9.93. The lowest BCUT2D eigenvalue weighted by Gasteiger charge is -2.14. The molecule has 0 saturated heterocycles. The normalized spacial score (nSPS) is 15.4. The van der Waals surface area contributed by atoms with Crippen LogP contribution in [0, 0.1) is 11.8 Å². The Balaban J connectivity index is 3.60. The molecule has 0 rings (SSSR count). The van der Waals surface area contributed by atoms with Gasteiger partial charge in [0.25, 0.3) is 0 Å². The molecule has 1 nitrogen and oxygen atoms in total. The molecule has 0 N–H and O–H groups in total. The Morgan fingerprint density at radius 1 is 1.23 bits per heavy atom. The van der Waals surface area contributed by atoms with Gasteiger partial charge in [0.05, 0.1) is 0 Å². The van der Waals surface area contributed by atoms with Gasteiger partial charge in [-0.3, -0.25) is 4.79 Å². The average Bonchev–Trinajstić information content (AvgIpc) is 2.04. The molecule has 0 aliphatic heterocycles. The van der Waals surface area contributed by atoms with Gasteiger partial charge in [-0.25, -0.2) is 0 Å². The number of carbonyl (C=O) groups is 1. The quantitative estimate of drug-likeness (QED) is 0.653. The lowest BCUT2D eigenvalue weighted by molar-refractivity contribution is -0.111. The van der Waals surface area contributed by atoms with Crippen LogP contribution in [0.1, 0.15) is 47.0 Å². The average molecular weight is 202 g/mol. The smallest absolute Gasteiger partial charge is 0.189 e. The van der Waals surface area contributed by atoms with Crippen molar-refractivity contribution in [2.45, 2.75) is 47.0 Å². The molecular weight excluding hydrogens is 180 g/mol. The summed E-state index contributed by atoms with van der Waals surface area (Å²) in [5.74, 6) is 2.23. The summed E-state index contributed by atoms with van der Waals surface area (Å²) >= 11 is 1.46. The van der Waals surface area contributed by atoms with Crippen molar-refractivity contribution >= 4 is 16.9 Å². The summed E-state index contributed by atoms with van der Waals surface area (Å²) in [6.07, 6.45) is 3.16. The van der Waals surface area contributed by atoms with E-state index in [1.165, 1.54) is 24.6 Å². The molecule has 0 saturated carbocycles. The molecule has 2 heteroatoms. The summed E-state index contributed by atoms with van der Waals surface area (Å²) in [5, 5.41) is 0.360. The Labute approximate surface area is 86.7 Å². The summed E-state index contributed by atoms with van der Waals surface area (Å²) in [5.41, 5.74) is 0. The van der Waals surface area contributed by atoms with Crippen molar-refractivity contribution in [3.63, 3.8) is 0 Å². The van der Waals surface area contributed by atoms with Crippen LogP contribution in [0.3, 0.4) is 0 Å². The van der Waals surface area contributed by atoms with Gasteiger partial charge in [-0.1, -0.05) is 45.9 Å². The number of carbonyl (C=O) groups excluding carboxylic acids is 1. The zero-order chi connectivity index (χ0) is 10.3. The molecule has 0 aromatic heterocycles. The number of hydrogen-bond donors (Lipinski definition) is 0. The monoisotopic (exact) mass is 202 g/mol. The molecule has 0 aromatic carbocycles. The maximum Gasteiger partial charge on any atom is 0.189 e. The van der Waals surface area contributed by atoms with Crippen molar-refractivity contribution in [3.8, 4) is 0 Å². The van der Waals surface area contributed by atoms with E-state index >= 15 is 0 Å². The standard InChI is InChI=1S/C11H22OS/c1-5-9(3)7-10(4)8-11(12)13-6-2/h9-10H,5-8H2,1-4H3/t9-,10-/m0/s1. The fraction of sp³-hybridized carbons (Fsp3) is 0.909. The van der Waals surface area contributed by atoms with Crippen LogP contribution in [0.25, 0.3) is 0 Å². The first-order valence-corrected chi connectivity index (χ1v) is 6.24. The first-order chi connectivity index (χ1) is 6.10. The SMILES string of the molecule is CCSC(=O)C[C@@H](C)C[C@@H](C)CC. The third kappa shape index (κ3) is 7.12. The first-order valence-electron chi connectivity index (χ1n) is 5.25. The van der Waals surface area contributed by atoms with Crippen molar-refractivity contribution in [2.75, 3.05) is 5.75 Å². The van der Waals surface area contributed by atoms with Gasteiger partial charge >= 0.3 is 0 Å². The minimum absolute atomic E-state index is 0.360. The van der Waals surface area contributed by atoms with Gasteiger partial charge in [-0.15, -0.1) is 0 Å². The molecule has 13 heavy (non-hydrogen) atoms. The molecule has 0 aliphatic carbocycles. The van der Waals surface area contributed by atoms with Crippen LogP contribution in [-0.4, -0.2) is 10.9 Å². The summed E-state index contributed by atoms with van der Waals surface area (Å²) in [6, 6.07) is 0. The minimum Gasteiger partial charge on any atom is -0.287 e. The molecule has 78 valence electrons. The van der Waals surface area contributed by atoms with Gasteiger partial charge < -0.3 is 0 Å². The van der Waals surface area contributed by atoms with E-state index in [1.54, 1.807) is 0 Å². The van der Waals surface area contributed by atoms with Gasteiger partial charge in [0, 0.05) is 6.42 Å². The molecule has 0 spiro atoms. The van der Waals surface area contributed by atoms with Crippen molar-refractivity contribution in [1.82, 2.24) is 0 Å². The Kier molecular flexibility index (Phi) is 7.44. The topological polar surface area (TPSA) is 17.1 Å². The van der Waals surface area contributed by atoms with E-state index in [1.807, 2.05) is 6.92 Å². The number of hydrogen-bond acceptors (Lipinski definition) is 2. The molecule has 0 unspecified atom stereocenters. The second-order valence-corrected chi connectivity index (χ2v) is 5.18. The van der Waals surface area contributed by atoms with Gasteiger partial charge in [-0.2, -0.15) is 0 Å². The molecule has 0 aromatic rings. The second-order valence-electron chi connectivity index (χ2n) is 3.86. The highest BCUT2D eigenvalue weighted by Gasteiger charge is 2.11. The van der Waals surface area contributed by atoms with Crippen LogP contribution < -0.4 is 0 Å². The van der Waals surface area contributed by atoms with Crippen molar-refractivity contribution in [3.05, 3.63) is 0 Å². The minimum atomic E-state index is 0.360. The van der Waals surface area contributed by atoms with E-state index in [0.29, 0.717) is 11.0 Å². The Morgan fingerprint density at radius 3 is 2.31 bits per heavy atom. The highest BCUT2D eigenvalue weighted by Crippen LogP contribution is 2.20. The van der Waals surface area contributed by atoms with Gasteiger partial charge in [-0.05, 0) is 24.0 Å². The second kappa shape index (κ2) is 7.43. The van der Waals surface area contributed by atoms with Crippen LogP contribution in [0.15, 0.2) is 0 Å². The van der Waals surface area contributed by atoms with E-state index < -0.39 is 0 Å². The molecular formula is C11H22OS. The van der Waals surface area contributed by atoms with Crippen LogP contribution in [0.2, 0.25) is 0 Å². The van der Waals surface area contributed by atoms with Gasteiger partial charge in [0.1, 0.15) is 0 Å². The Morgan fingerprint density at radius 2 is 1.85 bits per heavy atom. The molecule has 0 radical (unpaired) electrons. The highest BCUT2D eigenvalue weighted by atomic mass is 32.2. The van der Waals surface area contributed by atoms with E-state index in [9.17, 15) is 4.79 Å². The van der Waals surface area contributed by atoms with E-state index in [-0.39, 0.29) is 0 Å². The molecule has 2 atom stereocenters.